The Labute approximate surface area is 99.8 Å². The van der Waals surface area contributed by atoms with Gasteiger partial charge in [0, 0.05) is 26.1 Å². The maximum Gasteiger partial charge on any atom is 0.223 e. The Morgan fingerprint density at radius 2 is 1.88 bits per heavy atom. The highest BCUT2D eigenvalue weighted by Gasteiger charge is 2.16. The second-order valence-corrected chi connectivity index (χ2v) is 4.85. The SMILES string of the molecule is CCCCN(C)CCC(=O)N1CCCCC1. The normalized spacial score (nSPS) is 16.8. The molecule has 0 aromatic carbocycles. The van der Waals surface area contributed by atoms with E-state index in [1.165, 1.54) is 32.1 Å². The largest absolute Gasteiger partial charge is 0.343 e. The third-order valence-corrected chi connectivity index (χ3v) is 3.31. The van der Waals surface area contributed by atoms with Gasteiger partial charge in [-0.25, -0.2) is 0 Å². The van der Waals surface area contributed by atoms with Crippen LogP contribution in [0.2, 0.25) is 0 Å². The molecule has 16 heavy (non-hydrogen) atoms. The number of carbonyl (C=O) groups excluding carboxylic acids is 1. The van der Waals surface area contributed by atoms with E-state index in [0.717, 1.165) is 26.2 Å². The predicted molar refractivity (Wildman–Crippen MR) is 67.5 cm³/mol. The van der Waals surface area contributed by atoms with Crippen molar-refractivity contribution < 1.29 is 4.79 Å². The lowest BCUT2D eigenvalue weighted by molar-refractivity contribution is -0.132. The summed E-state index contributed by atoms with van der Waals surface area (Å²) in [6, 6.07) is 0. The number of amides is 1. The van der Waals surface area contributed by atoms with Crippen LogP contribution in [0.4, 0.5) is 0 Å². The molecule has 1 fully saturated rings. The first-order valence-corrected chi connectivity index (χ1v) is 6.70. The molecule has 1 saturated heterocycles. The first kappa shape index (κ1) is 13.5. The van der Waals surface area contributed by atoms with E-state index in [0.29, 0.717) is 12.3 Å². The lowest BCUT2D eigenvalue weighted by atomic mass is 10.1. The van der Waals surface area contributed by atoms with Crippen molar-refractivity contribution in [2.75, 3.05) is 33.2 Å². The average molecular weight is 226 g/mol. The summed E-state index contributed by atoms with van der Waals surface area (Å²) in [4.78, 5) is 16.2. The topological polar surface area (TPSA) is 23.6 Å². The van der Waals surface area contributed by atoms with Gasteiger partial charge in [-0.1, -0.05) is 13.3 Å². The molecule has 0 unspecified atom stereocenters. The van der Waals surface area contributed by atoms with Gasteiger partial charge in [0.2, 0.25) is 5.91 Å². The van der Waals surface area contributed by atoms with Gasteiger partial charge in [-0.15, -0.1) is 0 Å². The summed E-state index contributed by atoms with van der Waals surface area (Å²) in [5, 5.41) is 0. The number of rotatable bonds is 6. The molecular formula is C13H26N2O. The number of hydrogen-bond acceptors (Lipinski definition) is 2. The highest BCUT2D eigenvalue weighted by atomic mass is 16.2. The number of unbranched alkanes of at least 4 members (excludes halogenated alkanes) is 1. The van der Waals surface area contributed by atoms with Crippen LogP contribution in [0.5, 0.6) is 0 Å². The molecule has 0 atom stereocenters. The van der Waals surface area contributed by atoms with Crippen LogP contribution in [0, 0.1) is 0 Å². The molecule has 3 nitrogen and oxygen atoms in total. The van der Waals surface area contributed by atoms with Crippen molar-refractivity contribution in [1.82, 2.24) is 9.80 Å². The van der Waals surface area contributed by atoms with Crippen molar-refractivity contribution in [3.8, 4) is 0 Å². The standard InChI is InChI=1S/C13H26N2O/c1-3-4-9-14(2)12-8-13(16)15-10-6-5-7-11-15/h3-12H2,1-2H3. The van der Waals surface area contributed by atoms with Crippen LogP contribution in [0.25, 0.3) is 0 Å². The zero-order chi connectivity index (χ0) is 11.8. The smallest absolute Gasteiger partial charge is 0.223 e. The highest BCUT2D eigenvalue weighted by molar-refractivity contribution is 5.76. The van der Waals surface area contributed by atoms with E-state index < -0.39 is 0 Å². The van der Waals surface area contributed by atoms with Gasteiger partial charge in [-0.2, -0.15) is 0 Å². The Kier molecular flexibility index (Phi) is 6.46. The average Bonchev–Trinajstić information content (AvgIpc) is 2.34. The Morgan fingerprint density at radius 1 is 1.19 bits per heavy atom. The summed E-state index contributed by atoms with van der Waals surface area (Å²) in [6.45, 7) is 6.20. The maximum atomic E-state index is 11.9. The maximum absolute atomic E-state index is 11.9. The summed E-state index contributed by atoms with van der Waals surface area (Å²) in [7, 11) is 2.11. The molecule has 0 bridgehead atoms. The first-order chi connectivity index (χ1) is 7.74. The third kappa shape index (κ3) is 4.97. The van der Waals surface area contributed by atoms with E-state index in [1.54, 1.807) is 0 Å². The minimum atomic E-state index is 0.350. The van der Waals surface area contributed by atoms with Crippen LogP contribution in [0.15, 0.2) is 0 Å². The van der Waals surface area contributed by atoms with Crippen molar-refractivity contribution in [3.05, 3.63) is 0 Å². The van der Waals surface area contributed by atoms with E-state index in [-0.39, 0.29) is 0 Å². The van der Waals surface area contributed by atoms with Crippen LogP contribution >= 0.6 is 0 Å². The summed E-state index contributed by atoms with van der Waals surface area (Å²) >= 11 is 0. The van der Waals surface area contributed by atoms with Crippen molar-refractivity contribution in [2.24, 2.45) is 0 Å². The number of hydrogen-bond donors (Lipinski definition) is 0. The molecular weight excluding hydrogens is 200 g/mol. The van der Waals surface area contributed by atoms with Crippen LogP contribution in [0.3, 0.4) is 0 Å². The minimum Gasteiger partial charge on any atom is -0.343 e. The van der Waals surface area contributed by atoms with Gasteiger partial charge in [0.05, 0.1) is 0 Å². The summed E-state index contributed by atoms with van der Waals surface area (Å²) < 4.78 is 0. The lowest BCUT2D eigenvalue weighted by Gasteiger charge is -2.27. The monoisotopic (exact) mass is 226 g/mol. The fraction of sp³-hybridized carbons (Fsp3) is 0.923. The van der Waals surface area contributed by atoms with E-state index in [9.17, 15) is 4.79 Å². The van der Waals surface area contributed by atoms with Gasteiger partial charge >= 0.3 is 0 Å². The van der Waals surface area contributed by atoms with Crippen LogP contribution in [-0.4, -0.2) is 48.9 Å². The van der Waals surface area contributed by atoms with E-state index in [4.69, 9.17) is 0 Å². The molecule has 1 heterocycles. The number of carbonyl (C=O) groups is 1. The third-order valence-electron chi connectivity index (χ3n) is 3.31. The lowest BCUT2D eigenvalue weighted by Crippen LogP contribution is -2.37. The Morgan fingerprint density at radius 3 is 2.50 bits per heavy atom. The molecule has 1 aliphatic rings. The van der Waals surface area contributed by atoms with Gasteiger partial charge in [0.1, 0.15) is 0 Å². The molecule has 1 aliphatic heterocycles. The molecule has 3 heteroatoms. The van der Waals surface area contributed by atoms with Crippen molar-refractivity contribution in [1.29, 1.82) is 0 Å². The summed E-state index contributed by atoms with van der Waals surface area (Å²) in [5.41, 5.74) is 0. The molecule has 94 valence electrons. The van der Waals surface area contributed by atoms with Crippen LogP contribution < -0.4 is 0 Å². The van der Waals surface area contributed by atoms with Gasteiger partial charge in [-0.3, -0.25) is 4.79 Å². The summed E-state index contributed by atoms with van der Waals surface area (Å²) in [5.74, 6) is 0.350. The van der Waals surface area contributed by atoms with Gasteiger partial charge in [0.25, 0.3) is 0 Å². The van der Waals surface area contributed by atoms with Crippen molar-refractivity contribution in [2.45, 2.75) is 45.4 Å². The van der Waals surface area contributed by atoms with Gasteiger partial charge in [0.15, 0.2) is 0 Å². The second kappa shape index (κ2) is 7.66. The zero-order valence-corrected chi connectivity index (χ0v) is 10.9. The van der Waals surface area contributed by atoms with E-state index >= 15 is 0 Å². The van der Waals surface area contributed by atoms with E-state index in [2.05, 4.69) is 18.9 Å². The number of piperidine rings is 1. The number of nitrogens with zero attached hydrogens (tertiary/aromatic N) is 2. The molecule has 0 saturated carbocycles. The molecule has 0 aliphatic carbocycles. The van der Waals surface area contributed by atoms with Crippen LogP contribution in [-0.2, 0) is 4.79 Å². The quantitative estimate of drug-likeness (QED) is 0.692. The molecule has 0 radical (unpaired) electrons. The molecule has 0 N–H and O–H groups in total. The molecule has 0 aromatic rings. The van der Waals surface area contributed by atoms with Gasteiger partial charge in [-0.05, 0) is 39.3 Å². The second-order valence-electron chi connectivity index (χ2n) is 4.85. The van der Waals surface area contributed by atoms with Crippen molar-refractivity contribution in [3.63, 3.8) is 0 Å². The zero-order valence-electron chi connectivity index (χ0n) is 10.9. The van der Waals surface area contributed by atoms with Crippen molar-refractivity contribution >= 4 is 5.91 Å². The Balaban J connectivity index is 2.13. The number of likely N-dealkylation sites (tertiary alicyclic amines) is 1. The molecule has 0 aromatic heterocycles. The van der Waals surface area contributed by atoms with Gasteiger partial charge < -0.3 is 9.80 Å². The Hall–Kier alpha value is -0.570. The predicted octanol–water partition coefficient (Wildman–Crippen LogP) is 2.12. The van der Waals surface area contributed by atoms with E-state index in [1.807, 2.05) is 4.90 Å². The summed E-state index contributed by atoms with van der Waals surface area (Å²) in [6.07, 6.45) is 6.83. The fourth-order valence-corrected chi connectivity index (χ4v) is 2.13. The highest BCUT2D eigenvalue weighted by Crippen LogP contribution is 2.10. The first-order valence-electron chi connectivity index (χ1n) is 6.70. The van der Waals surface area contributed by atoms with Crippen LogP contribution in [0.1, 0.15) is 45.4 Å². The molecule has 1 rings (SSSR count). The minimum absolute atomic E-state index is 0.350. The molecule has 0 spiro atoms. The Bertz CT molecular complexity index is 200. The molecule has 1 amide bonds. The fourth-order valence-electron chi connectivity index (χ4n) is 2.13.